The van der Waals surface area contributed by atoms with E-state index in [-0.39, 0.29) is 24.3 Å². The molecule has 0 aliphatic heterocycles. The molecule has 3 N–H and O–H groups in total. The number of benzene rings is 1. The van der Waals surface area contributed by atoms with Gasteiger partial charge in [-0.25, -0.2) is 4.79 Å². The van der Waals surface area contributed by atoms with E-state index in [1.807, 2.05) is 0 Å². The van der Waals surface area contributed by atoms with Crippen LogP contribution in [-0.2, 0) is 20.9 Å². The molecule has 1 aromatic carbocycles. The normalized spacial score (nSPS) is 11.5. The molecule has 0 fully saturated rings. The summed E-state index contributed by atoms with van der Waals surface area (Å²) in [6, 6.07) is 5.72. The zero-order valence-corrected chi connectivity index (χ0v) is 14.5. The number of carbonyl (C=O) groups is 3. The van der Waals surface area contributed by atoms with Crippen molar-refractivity contribution in [3.05, 3.63) is 29.8 Å². The summed E-state index contributed by atoms with van der Waals surface area (Å²) in [6.45, 7) is 4.49. The van der Waals surface area contributed by atoms with Crippen LogP contribution in [-0.4, -0.2) is 36.2 Å². The molecule has 0 aromatic heterocycles. The molecule has 0 atom stereocenters. The van der Waals surface area contributed by atoms with Gasteiger partial charge in [-0.3, -0.25) is 9.59 Å². The van der Waals surface area contributed by atoms with Crippen molar-refractivity contribution in [1.82, 2.24) is 10.6 Å². The van der Waals surface area contributed by atoms with Crippen molar-refractivity contribution in [3.63, 3.8) is 0 Å². The van der Waals surface area contributed by atoms with Crippen LogP contribution in [0.25, 0.3) is 0 Å². The molecule has 0 saturated carbocycles. The minimum absolute atomic E-state index is 0.0739. The Labute approximate surface area is 148 Å². The van der Waals surface area contributed by atoms with Crippen LogP contribution < -0.4 is 16.0 Å². The average Bonchev–Trinajstić information content (AvgIpc) is 2.49. The molecule has 144 valence electrons. The molecule has 0 aliphatic rings. The van der Waals surface area contributed by atoms with Crippen LogP contribution in [0.3, 0.4) is 0 Å². The lowest BCUT2D eigenvalue weighted by Gasteiger charge is -2.19. The quantitative estimate of drug-likeness (QED) is 0.736. The van der Waals surface area contributed by atoms with Crippen LogP contribution in [0.2, 0.25) is 0 Å². The van der Waals surface area contributed by atoms with Crippen molar-refractivity contribution in [2.45, 2.75) is 39.1 Å². The van der Waals surface area contributed by atoms with Gasteiger partial charge in [-0.2, -0.15) is 13.2 Å². The number of ether oxygens (including phenoxy) is 1. The fourth-order valence-electron chi connectivity index (χ4n) is 1.71. The van der Waals surface area contributed by atoms with Gasteiger partial charge in [0.15, 0.2) is 0 Å². The summed E-state index contributed by atoms with van der Waals surface area (Å²) >= 11 is 0. The Bertz CT molecular complexity index is 669. The van der Waals surface area contributed by atoms with Gasteiger partial charge in [0.05, 0.1) is 0 Å². The highest BCUT2D eigenvalue weighted by atomic mass is 19.4. The van der Waals surface area contributed by atoms with Crippen LogP contribution in [0.5, 0.6) is 0 Å². The van der Waals surface area contributed by atoms with Gasteiger partial charge in [-0.05, 0) is 32.4 Å². The number of hydrogen-bond acceptors (Lipinski definition) is 4. The molecule has 0 saturated heterocycles. The number of para-hydroxylation sites is 1. The first-order valence-corrected chi connectivity index (χ1v) is 7.58. The second kappa shape index (κ2) is 8.54. The standard InChI is InChI=1S/C16H20F3N3O4/c1-15(2,3)26-14(25)21-9-12(23)20-8-10-6-4-5-7-11(10)22-13(24)16(17,18)19/h4-7H,8-9H2,1-3H3,(H,20,23)(H,21,25)(H,22,24). The van der Waals surface area contributed by atoms with E-state index >= 15 is 0 Å². The van der Waals surface area contributed by atoms with Gasteiger partial charge in [0.25, 0.3) is 0 Å². The molecule has 10 heteroatoms. The number of nitrogens with one attached hydrogen (secondary N) is 3. The largest absolute Gasteiger partial charge is 0.471 e. The van der Waals surface area contributed by atoms with E-state index in [0.717, 1.165) is 0 Å². The highest BCUT2D eigenvalue weighted by molar-refractivity contribution is 5.95. The van der Waals surface area contributed by atoms with Crippen LogP contribution in [0.1, 0.15) is 26.3 Å². The number of carbonyl (C=O) groups excluding carboxylic acids is 3. The third-order valence-electron chi connectivity index (χ3n) is 2.79. The number of hydrogen-bond donors (Lipinski definition) is 3. The maximum atomic E-state index is 12.3. The SMILES string of the molecule is CC(C)(C)OC(=O)NCC(=O)NCc1ccccc1NC(=O)C(F)(F)F. The summed E-state index contributed by atoms with van der Waals surface area (Å²) in [4.78, 5) is 34.2. The molecule has 1 rings (SSSR count). The Balaban J connectivity index is 2.56. The Kier molecular flexibility index (Phi) is 6.99. The molecule has 0 spiro atoms. The van der Waals surface area contributed by atoms with Crippen LogP contribution in [0.4, 0.5) is 23.7 Å². The van der Waals surface area contributed by atoms with E-state index in [2.05, 4.69) is 10.6 Å². The van der Waals surface area contributed by atoms with Gasteiger partial charge in [0.1, 0.15) is 12.1 Å². The summed E-state index contributed by atoms with van der Waals surface area (Å²) in [6.07, 6.45) is -5.79. The molecule has 1 aromatic rings. The van der Waals surface area contributed by atoms with E-state index in [1.54, 1.807) is 32.2 Å². The van der Waals surface area contributed by atoms with E-state index in [4.69, 9.17) is 4.74 Å². The predicted molar refractivity (Wildman–Crippen MR) is 87.2 cm³/mol. The molecule has 0 radical (unpaired) electrons. The van der Waals surface area contributed by atoms with Crippen molar-refractivity contribution < 1.29 is 32.3 Å². The Morgan fingerprint density at radius 1 is 1.04 bits per heavy atom. The van der Waals surface area contributed by atoms with E-state index in [9.17, 15) is 27.6 Å². The molecule has 0 heterocycles. The van der Waals surface area contributed by atoms with Crippen molar-refractivity contribution in [3.8, 4) is 0 Å². The molecular weight excluding hydrogens is 355 g/mol. The fourth-order valence-corrected chi connectivity index (χ4v) is 1.71. The summed E-state index contributed by atoms with van der Waals surface area (Å²) in [5, 5.41) is 6.42. The Hall–Kier alpha value is -2.78. The summed E-state index contributed by atoms with van der Waals surface area (Å²) in [5.74, 6) is -2.68. The van der Waals surface area contributed by atoms with Gasteiger partial charge in [0, 0.05) is 12.2 Å². The summed E-state index contributed by atoms with van der Waals surface area (Å²) in [5.41, 5.74) is -0.512. The first-order chi connectivity index (χ1) is 11.9. The van der Waals surface area contributed by atoms with E-state index in [1.165, 1.54) is 18.2 Å². The number of halogens is 3. The topological polar surface area (TPSA) is 96.5 Å². The van der Waals surface area contributed by atoms with Crippen molar-refractivity contribution in [2.75, 3.05) is 11.9 Å². The second-order valence-electron chi connectivity index (χ2n) is 6.24. The number of rotatable bonds is 5. The lowest BCUT2D eigenvalue weighted by Crippen LogP contribution is -2.39. The Morgan fingerprint density at radius 3 is 2.23 bits per heavy atom. The van der Waals surface area contributed by atoms with Gasteiger partial charge >= 0.3 is 18.2 Å². The monoisotopic (exact) mass is 375 g/mol. The van der Waals surface area contributed by atoms with Gasteiger partial charge in [-0.1, -0.05) is 18.2 Å². The highest BCUT2D eigenvalue weighted by Crippen LogP contribution is 2.20. The third kappa shape index (κ3) is 7.86. The molecule has 0 bridgehead atoms. The van der Waals surface area contributed by atoms with E-state index in [0.29, 0.717) is 0 Å². The number of alkyl halides is 3. The minimum atomic E-state index is -5.02. The number of amides is 3. The lowest BCUT2D eigenvalue weighted by molar-refractivity contribution is -0.167. The fraction of sp³-hybridized carbons (Fsp3) is 0.438. The maximum absolute atomic E-state index is 12.3. The smallest absolute Gasteiger partial charge is 0.444 e. The van der Waals surface area contributed by atoms with Gasteiger partial charge in [-0.15, -0.1) is 0 Å². The summed E-state index contributed by atoms with van der Waals surface area (Å²) in [7, 11) is 0. The Morgan fingerprint density at radius 2 is 1.65 bits per heavy atom. The van der Waals surface area contributed by atoms with Crippen molar-refractivity contribution >= 4 is 23.6 Å². The van der Waals surface area contributed by atoms with Gasteiger partial charge < -0.3 is 20.7 Å². The minimum Gasteiger partial charge on any atom is -0.444 e. The first-order valence-electron chi connectivity index (χ1n) is 7.58. The zero-order chi connectivity index (χ0) is 20.0. The number of anilines is 1. The van der Waals surface area contributed by atoms with Crippen LogP contribution in [0.15, 0.2) is 24.3 Å². The number of alkyl carbamates (subject to hydrolysis) is 1. The molecule has 0 aliphatic carbocycles. The van der Waals surface area contributed by atoms with Crippen molar-refractivity contribution in [2.24, 2.45) is 0 Å². The lowest BCUT2D eigenvalue weighted by atomic mass is 10.1. The average molecular weight is 375 g/mol. The van der Waals surface area contributed by atoms with Crippen LogP contribution >= 0.6 is 0 Å². The van der Waals surface area contributed by atoms with Crippen LogP contribution in [0, 0.1) is 0 Å². The third-order valence-corrected chi connectivity index (χ3v) is 2.79. The van der Waals surface area contributed by atoms with Gasteiger partial charge in [0.2, 0.25) is 5.91 Å². The first kappa shape index (κ1) is 21.3. The highest BCUT2D eigenvalue weighted by Gasteiger charge is 2.38. The summed E-state index contributed by atoms with van der Waals surface area (Å²) < 4.78 is 42.0. The molecule has 3 amide bonds. The molecule has 7 nitrogen and oxygen atoms in total. The van der Waals surface area contributed by atoms with Crippen molar-refractivity contribution in [1.29, 1.82) is 0 Å². The molecular formula is C16H20F3N3O4. The maximum Gasteiger partial charge on any atom is 0.471 e. The zero-order valence-electron chi connectivity index (χ0n) is 14.5. The molecule has 0 unspecified atom stereocenters. The van der Waals surface area contributed by atoms with E-state index < -0.39 is 29.7 Å². The second-order valence-corrected chi connectivity index (χ2v) is 6.24. The predicted octanol–water partition coefficient (Wildman–Crippen LogP) is 2.33. The molecule has 26 heavy (non-hydrogen) atoms.